The Morgan fingerprint density at radius 1 is 1.08 bits per heavy atom. The van der Waals surface area contributed by atoms with Gasteiger partial charge in [0, 0.05) is 5.25 Å². The second-order valence-electron chi connectivity index (χ2n) is 3.45. The minimum absolute atomic E-state index is 0.179. The Hall–Kier alpha value is 0.140. The Morgan fingerprint density at radius 3 is 2.00 bits per heavy atom. The van der Waals surface area contributed by atoms with Gasteiger partial charge in [-0.15, -0.1) is 0 Å². The number of hydrogen-bond donors (Lipinski definition) is 0. The standard InChI is InChI=1S/C8H13F3S/c1-6-2-4-7(5-3-6)12-8(9,10)11/h6-7H,2-5H2,1H3. The molecule has 0 aliphatic heterocycles. The summed E-state index contributed by atoms with van der Waals surface area (Å²) in [5.41, 5.74) is -4.04. The van der Waals surface area contributed by atoms with Gasteiger partial charge in [0.25, 0.3) is 0 Å². The van der Waals surface area contributed by atoms with Crippen molar-refractivity contribution >= 4 is 11.8 Å². The molecule has 1 aliphatic rings. The normalized spacial score (nSPS) is 32.0. The van der Waals surface area contributed by atoms with Crippen molar-refractivity contribution in [2.45, 2.75) is 43.4 Å². The summed E-state index contributed by atoms with van der Waals surface area (Å²) in [4.78, 5) is 0. The molecule has 0 atom stereocenters. The largest absolute Gasteiger partial charge is 0.442 e. The molecule has 1 fully saturated rings. The van der Waals surface area contributed by atoms with Crippen LogP contribution in [0.3, 0.4) is 0 Å². The lowest BCUT2D eigenvalue weighted by atomic mass is 9.91. The quantitative estimate of drug-likeness (QED) is 0.617. The molecule has 1 saturated carbocycles. The lowest BCUT2D eigenvalue weighted by Gasteiger charge is -2.25. The van der Waals surface area contributed by atoms with Crippen LogP contribution in [0.25, 0.3) is 0 Å². The number of halogens is 3. The summed E-state index contributed by atoms with van der Waals surface area (Å²) in [6, 6.07) is 0. The second-order valence-corrected chi connectivity index (χ2v) is 4.81. The van der Waals surface area contributed by atoms with Gasteiger partial charge in [-0.05, 0) is 43.4 Å². The maximum atomic E-state index is 11.9. The van der Waals surface area contributed by atoms with E-state index in [1.165, 1.54) is 0 Å². The molecule has 0 radical (unpaired) electrons. The third-order valence-corrected chi connectivity index (χ3v) is 3.34. The van der Waals surface area contributed by atoms with E-state index in [-0.39, 0.29) is 17.0 Å². The Kier molecular flexibility index (Phi) is 3.32. The molecule has 0 saturated heterocycles. The summed E-state index contributed by atoms with van der Waals surface area (Å²) < 4.78 is 35.7. The van der Waals surface area contributed by atoms with Crippen LogP contribution in [0.4, 0.5) is 13.2 Å². The van der Waals surface area contributed by atoms with Gasteiger partial charge in [0.1, 0.15) is 0 Å². The van der Waals surface area contributed by atoms with E-state index in [1.807, 2.05) is 0 Å². The highest BCUT2D eigenvalue weighted by atomic mass is 32.2. The van der Waals surface area contributed by atoms with Gasteiger partial charge in [-0.3, -0.25) is 0 Å². The molecule has 1 rings (SSSR count). The van der Waals surface area contributed by atoms with Crippen molar-refractivity contribution in [1.82, 2.24) is 0 Å². The summed E-state index contributed by atoms with van der Waals surface area (Å²) in [6.07, 6.45) is 3.36. The Labute approximate surface area is 74.9 Å². The highest BCUT2D eigenvalue weighted by molar-refractivity contribution is 8.00. The Morgan fingerprint density at radius 2 is 1.58 bits per heavy atom. The number of rotatable bonds is 1. The predicted molar refractivity (Wildman–Crippen MR) is 45.1 cm³/mol. The van der Waals surface area contributed by atoms with E-state index < -0.39 is 5.51 Å². The fourth-order valence-electron chi connectivity index (χ4n) is 1.54. The van der Waals surface area contributed by atoms with Crippen molar-refractivity contribution in [3.8, 4) is 0 Å². The first kappa shape index (κ1) is 10.2. The fourth-order valence-corrected chi connectivity index (χ4v) is 2.42. The summed E-state index contributed by atoms with van der Waals surface area (Å²) in [6.45, 7) is 2.11. The van der Waals surface area contributed by atoms with E-state index in [4.69, 9.17) is 0 Å². The number of alkyl halides is 3. The van der Waals surface area contributed by atoms with Crippen molar-refractivity contribution < 1.29 is 13.2 Å². The second kappa shape index (κ2) is 3.90. The highest BCUT2D eigenvalue weighted by Gasteiger charge is 2.34. The van der Waals surface area contributed by atoms with Crippen LogP contribution in [0.1, 0.15) is 32.6 Å². The zero-order valence-electron chi connectivity index (χ0n) is 7.03. The zero-order valence-corrected chi connectivity index (χ0v) is 7.84. The smallest absolute Gasteiger partial charge is 0.160 e. The molecule has 1 aliphatic carbocycles. The van der Waals surface area contributed by atoms with Crippen LogP contribution >= 0.6 is 11.8 Å². The van der Waals surface area contributed by atoms with Crippen molar-refractivity contribution in [3.05, 3.63) is 0 Å². The molecule has 0 aromatic carbocycles. The van der Waals surface area contributed by atoms with Crippen LogP contribution in [-0.2, 0) is 0 Å². The van der Waals surface area contributed by atoms with Crippen molar-refractivity contribution in [3.63, 3.8) is 0 Å². The van der Waals surface area contributed by atoms with Gasteiger partial charge >= 0.3 is 5.51 Å². The summed E-state index contributed by atoms with van der Waals surface area (Å²) in [5.74, 6) is 0.620. The van der Waals surface area contributed by atoms with Crippen molar-refractivity contribution in [1.29, 1.82) is 0 Å². The summed E-state index contributed by atoms with van der Waals surface area (Å²) in [5, 5.41) is -0.179. The van der Waals surface area contributed by atoms with Gasteiger partial charge in [-0.1, -0.05) is 6.92 Å². The van der Waals surface area contributed by atoms with Gasteiger partial charge in [0.15, 0.2) is 0 Å². The molecule has 0 bridgehead atoms. The average molecular weight is 198 g/mol. The maximum absolute atomic E-state index is 11.9. The molecular weight excluding hydrogens is 185 g/mol. The van der Waals surface area contributed by atoms with E-state index in [1.54, 1.807) is 0 Å². The SMILES string of the molecule is CC1CCC(SC(F)(F)F)CC1. The van der Waals surface area contributed by atoms with Gasteiger partial charge in [-0.2, -0.15) is 13.2 Å². The minimum atomic E-state index is -4.04. The van der Waals surface area contributed by atoms with Crippen LogP contribution in [0.5, 0.6) is 0 Å². The molecule has 0 amide bonds. The van der Waals surface area contributed by atoms with Gasteiger partial charge < -0.3 is 0 Å². The highest BCUT2D eigenvalue weighted by Crippen LogP contribution is 2.40. The van der Waals surface area contributed by atoms with E-state index >= 15 is 0 Å². The molecular formula is C8H13F3S. The van der Waals surface area contributed by atoms with E-state index in [0.29, 0.717) is 5.92 Å². The van der Waals surface area contributed by atoms with Gasteiger partial charge in [0.05, 0.1) is 0 Å². The monoisotopic (exact) mass is 198 g/mol. The summed E-state index contributed by atoms with van der Waals surface area (Å²) >= 11 is 0.180. The molecule has 4 heteroatoms. The third kappa shape index (κ3) is 3.70. The number of thioether (sulfide) groups is 1. The van der Waals surface area contributed by atoms with E-state index in [9.17, 15) is 13.2 Å². The van der Waals surface area contributed by atoms with Crippen molar-refractivity contribution in [2.24, 2.45) is 5.92 Å². The molecule has 0 unspecified atom stereocenters. The third-order valence-electron chi connectivity index (χ3n) is 2.26. The van der Waals surface area contributed by atoms with Crippen molar-refractivity contribution in [2.75, 3.05) is 0 Å². The predicted octanol–water partition coefficient (Wildman–Crippen LogP) is 3.82. The minimum Gasteiger partial charge on any atom is -0.160 e. The van der Waals surface area contributed by atoms with Crippen LogP contribution in [0, 0.1) is 5.92 Å². The van der Waals surface area contributed by atoms with E-state index in [2.05, 4.69) is 6.92 Å². The molecule has 12 heavy (non-hydrogen) atoms. The zero-order chi connectivity index (χ0) is 9.19. The fraction of sp³-hybridized carbons (Fsp3) is 1.00. The molecule has 0 spiro atoms. The van der Waals surface area contributed by atoms with Crippen LogP contribution in [-0.4, -0.2) is 10.8 Å². The first-order valence-corrected chi connectivity index (χ1v) is 5.10. The van der Waals surface area contributed by atoms with Crippen LogP contribution < -0.4 is 0 Å². The molecule has 0 N–H and O–H groups in total. The summed E-state index contributed by atoms with van der Waals surface area (Å²) in [7, 11) is 0. The maximum Gasteiger partial charge on any atom is 0.442 e. The molecule has 0 aromatic heterocycles. The Bertz CT molecular complexity index is 136. The van der Waals surface area contributed by atoms with Gasteiger partial charge in [0.2, 0.25) is 0 Å². The molecule has 0 heterocycles. The topological polar surface area (TPSA) is 0 Å². The molecule has 0 nitrogen and oxygen atoms in total. The van der Waals surface area contributed by atoms with Gasteiger partial charge in [-0.25, -0.2) is 0 Å². The lowest BCUT2D eigenvalue weighted by Crippen LogP contribution is -2.18. The average Bonchev–Trinajstić information content (AvgIpc) is 1.91. The van der Waals surface area contributed by atoms with Crippen LogP contribution in [0.15, 0.2) is 0 Å². The molecule has 72 valence electrons. The van der Waals surface area contributed by atoms with E-state index in [0.717, 1.165) is 25.7 Å². The molecule has 0 aromatic rings. The first-order chi connectivity index (χ1) is 5.47. The van der Waals surface area contributed by atoms with Crippen LogP contribution in [0.2, 0.25) is 0 Å². The first-order valence-electron chi connectivity index (χ1n) is 4.22. The number of hydrogen-bond acceptors (Lipinski definition) is 1. The lowest BCUT2D eigenvalue weighted by molar-refractivity contribution is -0.0336. The Balaban J connectivity index is 2.26.